The molecule has 2 N–H and O–H groups in total. The molecule has 8 heteroatoms. The number of benzene rings is 1. The van der Waals surface area contributed by atoms with Crippen molar-refractivity contribution in [2.45, 2.75) is 6.18 Å². The number of nitrogens with zero attached hydrogens (tertiary/aromatic N) is 4. The molecule has 0 radical (unpaired) electrons. The van der Waals surface area contributed by atoms with Gasteiger partial charge in [0.05, 0.1) is 11.3 Å². The molecule has 0 unspecified atom stereocenters. The van der Waals surface area contributed by atoms with Gasteiger partial charge in [-0.25, -0.2) is 0 Å². The number of alkyl halides is 3. The second-order valence-corrected chi connectivity index (χ2v) is 2.96. The third-order valence-electron chi connectivity index (χ3n) is 1.93. The molecule has 0 saturated carbocycles. The number of para-hydroxylation sites is 1. The molecule has 0 aliphatic carbocycles. The first-order valence-electron chi connectivity index (χ1n) is 4.20. The number of anilines is 1. The van der Waals surface area contributed by atoms with Crippen LogP contribution in [0.25, 0.3) is 5.69 Å². The zero-order chi connectivity index (χ0) is 11.8. The average Bonchev–Trinajstić information content (AvgIpc) is 2.63. The maximum atomic E-state index is 12.6. The van der Waals surface area contributed by atoms with Crippen molar-refractivity contribution in [3.8, 4) is 5.69 Å². The van der Waals surface area contributed by atoms with Gasteiger partial charge in [0, 0.05) is 0 Å². The van der Waals surface area contributed by atoms with Gasteiger partial charge in [0.25, 0.3) is 0 Å². The summed E-state index contributed by atoms with van der Waals surface area (Å²) in [5.41, 5.74) is 4.31. The zero-order valence-electron chi connectivity index (χ0n) is 7.81. The van der Waals surface area contributed by atoms with Crippen LogP contribution in [-0.2, 0) is 6.18 Å². The van der Waals surface area contributed by atoms with Crippen molar-refractivity contribution in [3.05, 3.63) is 29.8 Å². The molecular weight excluding hydrogens is 223 g/mol. The SMILES string of the molecule is Nc1nnnn1-c1ccccc1C(F)(F)F. The van der Waals surface area contributed by atoms with Gasteiger partial charge in [-0.15, -0.1) is 0 Å². The van der Waals surface area contributed by atoms with E-state index in [-0.39, 0.29) is 11.6 Å². The number of rotatable bonds is 1. The highest BCUT2D eigenvalue weighted by Crippen LogP contribution is 2.33. The summed E-state index contributed by atoms with van der Waals surface area (Å²) in [7, 11) is 0. The Bertz CT molecular complexity index is 504. The van der Waals surface area contributed by atoms with Crippen molar-refractivity contribution in [1.82, 2.24) is 20.2 Å². The summed E-state index contributed by atoms with van der Waals surface area (Å²) in [5, 5.41) is 9.91. The third kappa shape index (κ3) is 1.69. The summed E-state index contributed by atoms with van der Waals surface area (Å²) in [6, 6.07) is 4.92. The molecule has 2 aromatic rings. The van der Waals surface area contributed by atoms with E-state index in [1.165, 1.54) is 18.2 Å². The van der Waals surface area contributed by atoms with Crippen molar-refractivity contribution >= 4 is 5.95 Å². The lowest BCUT2D eigenvalue weighted by Crippen LogP contribution is -2.12. The minimum atomic E-state index is -4.48. The van der Waals surface area contributed by atoms with Crippen LogP contribution in [0.3, 0.4) is 0 Å². The molecule has 0 amide bonds. The van der Waals surface area contributed by atoms with E-state index in [0.717, 1.165) is 10.7 Å². The molecule has 16 heavy (non-hydrogen) atoms. The summed E-state index contributed by atoms with van der Waals surface area (Å²) < 4.78 is 38.8. The van der Waals surface area contributed by atoms with E-state index in [9.17, 15) is 13.2 Å². The van der Waals surface area contributed by atoms with E-state index in [1.54, 1.807) is 0 Å². The summed E-state index contributed by atoms with van der Waals surface area (Å²) >= 11 is 0. The van der Waals surface area contributed by atoms with E-state index >= 15 is 0 Å². The van der Waals surface area contributed by atoms with E-state index in [2.05, 4.69) is 15.5 Å². The largest absolute Gasteiger partial charge is 0.418 e. The van der Waals surface area contributed by atoms with Gasteiger partial charge in [0.2, 0.25) is 5.95 Å². The second-order valence-electron chi connectivity index (χ2n) is 2.96. The minimum Gasteiger partial charge on any atom is -0.366 e. The van der Waals surface area contributed by atoms with Crippen LogP contribution in [0.5, 0.6) is 0 Å². The molecule has 0 atom stereocenters. The van der Waals surface area contributed by atoms with Crippen LogP contribution in [0, 0.1) is 0 Å². The van der Waals surface area contributed by atoms with Crippen LogP contribution in [0.15, 0.2) is 24.3 Å². The Morgan fingerprint density at radius 3 is 2.44 bits per heavy atom. The van der Waals surface area contributed by atoms with E-state index in [0.29, 0.717) is 0 Å². The smallest absolute Gasteiger partial charge is 0.366 e. The molecule has 0 fully saturated rings. The molecular formula is C8H6F3N5. The Labute approximate surface area is 87.7 Å². The Morgan fingerprint density at radius 1 is 1.19 bits per heavy atom. The van der Waals surface area contributed by atoms with Gasteiger partial charge in [0.1, 0.15) is 0 Å². The van der Waals surface area contributed by atoms with Crippen LogP contribution >= 0.6 is 0 Å². The van der Waals surface area contributed by atoms with Crippen LogP contribution in [0.2, 0.25) is 0 Å². The van der Waals surface area contributed by atoms with E-state index in [4.69, 9.17) is 5.73 Å². The molecule has 0 aliphatic heterocycles. The lowest BCUT2D eigenvalue weighted by molar-refractivity contribution is -0.137. The third-order valence-corrected chi connectivity index (χ3v) is 1.93. The number of hydrogen-bond acceptors (Lipinski definition) is 4. The summed E-state index contributed by atoms with van der Waals surface area (Å²) in [6.07, 6.45) is -4.48. The van der Waals surface area contributed by atoms with Crippen LogP contribution in [0.4, 0.5) is 19.1 Å². The number of aromatic nitrogens is 4. The number of halogens is 3. The topological polar surface area (TPSA) is 69.6 Å². The maximum absolute atomic E-state index is 12.6. The van der Waals surface area contributed by atoms with Crippen molar-refractivity contribution < 1.29 is 13.2 Å². The Balaban J connectivity index is 2.62. The van der Waals surface area contributed by atoms with Gasteiger partial charge in [-0.2, -0.15) is 17.9 Å². The average molecular weight is 229 g/mol. The van der Waals surface area contributed by atoms with Gasteiger partial charge in [0.15, 0.2) is 0 Å². The highest BCUT2D eigenvalue weighted by atomic mass is 19.4. The zero-order valence-corrected chi connectivity index (χ0v) is 7.81. The molecule has 0 spiro atoms. The Hall–Kier alpha value is -2.12. The van der Waals surface area contributed by atoms with Crippen molar-refractivity contribution in [2.24, 2.45) is 0 Å². The molecule has 2 rings (SSSR count). The molecule has 5 nitrogen and oxygen atoms in total. The van der Waals surface area contributed by atoms with Gasteiger partial charge in [-0.3, -0.25) is 0 Å². The van der Waals surface area contributed by atoms with E-state index in [1.807, 2.05) is 0 Å². The van der Waals surface area contributed by atoms with Gasteiger partial charge < -0.3 is 5.73 Å². The Morgan fingerprint density at radius 2 is 1.88 bits per heavy atom. The summed E-state index contributed by atoms with van der Waals surface area (Å²) in [4.78, 5) is 0. The van der Waals surface area contributed by atoms with Crippen LogP contribution in [0.1, 0.15) is 5.56 Å². The fraction of sp³-hybridized carbons (Fsp3) is 0.125. The van der Waals surface area contributed by atoms with Crippen molar-refractivity contribution in [1.29, 1.82) is 0 Å². The van der Waals surface area contributed by atoms with Gasteiger partial charge >= 0.3 is 6.18 Å². The number of hydrogen-bond donors (Lipinski definition) is 1. The number of nitrogen functional groups attached to an aromatic ring is 1. The quantitative estimate of drug-likeness (QED) is 0.799. The Kier molecular flexibility index (Phi) is 2.26. The first-order valence-corrected chi connectivity index (χ1v) is 4.20. The van der Waals surface area contributed by atoms with Crippen LogP contribution in [-0.4, -0.2) is 20.2 Å². The van der Waals surface area contributed by atoms with E-state index < -0.39 is 11.7 Å². The first-order chi connectivity index (χ1) is 7.50. The summed E-state index contributed by atoms with van der Waals surface area (Å²) in [6.45, 7) is 0. The molecule has 84 valence electrons. The monoisotopic (exact) mass is 229 g/mol. The predicted octanol–water partition coefficient (Wildman–Crippen LogP) is 1.26. The van der Waals surface area contributed by atoms with Crippen LogP contribution < -0.4 is 5.73 Å². The normalized spacial score (nSPS) is 11.7. The standard InChI is InChI=1S/C8H6F3N5/c9-8(10,11)5-3-1-2-4-6(5)16-7(12)13-14-15-16/h1-4H,(H2,12,13,15). The molecule has 1 heterocycles. The molecule has 0 bridgehead atoms. The molecule has 0 saturated heterocycles. The van der Waals surface area contributed by atoms with Gasteiger partial charge in [-0.1, -0.05) is 17.2 Å². The van der Waals surface area contributed by atoms with Gasteiger partial charge in [-0.05, 0) is 22.6 Å². The summed E-state index contributed by atoms with van der Waals surface area (Å²) in [5.74, 6) is -0.198. The predicted molar refractivity (Wildman–Crippen MR) is 48.6 cm³/mol. The maximum Gasteiger partial charge on any atom is 0.418 e. The lowest BCUT2D eigenvalue weighted by atomic mass is 10.2. The fourth-order valence-corrected chi connectivity index (χ4v) is 1.26. The van der Waals surface area contributed by atoms with Crippen molar-refractivity contribution in [3.63, 3.8) is 0 Å². The molecule has 0 aliphatic rings. The molecule has 1 aromatic carbocycles. The lowest BCUT2D eigenvalue weighted by Gasteiger charge is -2.11. The number of nitrogens with two attached hydrogens (primary N) is 1. The fourth-order valence-electron chi connectivity index (χ4n) is 1.26. The number of tetrazole rings is 1. The van der Waals surface area contributed by atoms with Crippen molar-refractivity contribution in [2.75, 3.05) is 5.73 Å². The molecule has 1 aromatic heterocycles. The first kappa shape index (κ1) is 10.4. The minimum absolute atomic E-state index is 0.197. The second kappa shape index (κ2) is 3.47. The highest BCUT2D eigenvalue weighted by Gasteiger charge is 2.34. The highest BCUT2D eigenvalue weighted by molar-refractivity contribution is 5.45.